The summed E-state index contributed by atoms with van der Waals surface area (Å²) >= 11 is 0. The second-order valence-electron chi connectivity index (χ2n) is 4.90. The zero-order valence-electron chi connectivity index (χ0n) is 12.1. The molecular formula is C16H14FN3O2. The smallest absolute Gasteiger partial charge is 0.358 e. The molecule has 2 heterocycles. The number of carbonyl (C=O) groups excluding carboxylic acids is 1. The molecule has 22 heavy (non-hydrogen) atoms. The standard InChI is InChI=1S/C16H14FN3O2/c1-9-11(4-3-5-12(9)17)10-6-7-13-19-15(18)14(16(21)22-2)20(13)8-10/h3-8H,18H2,1-2H3. The molecule has 0 bridgehead atoms. The highest BCUT2D eigenvalue weighted by Gasteiger charge is 2.18. The Kier molecular flexibility index (Phi) is 3.29. The maximum atomic E-state index is 13.7. The highest BCUT2D eigenvalue weighted by molar-refractivity contribution is 5.94. The largest absolute Gasteiger partial charge is 0.464 e. The molecule has 3 aromatic rings. The van der Waals surface area contributed by atoms with Crippen LogP contribution in [0, 0.1) is 12.7 Å². The second kappa shape index (κ2) is 5.14. The first-order chi connectivity index (χ1) is 10.5. The number of fused-ring (bicyclic) bond motifs is 1. The minimum Gasteiger partial charge on any atom is -0.464 e. The molecule has 0 saturated heterocycles. The van der Waals surface area contributed by atoms with Crippen molar-refractivity contribution >= 4 is 17.4 Å². The molecule has 0 aliphatic carbocycles. The number of nitrogens with two attached hydrogens (primary N) is 1. The first kappa shape index (κ1) is 14.1. The van der Waals surface area contributed by atoms with Gasteiger partial charge in [0.15, 0.2) is 11.5 Å². The van der Waals surface area contributed by atoms with E-state index in [0.29, 0.717) is 11.2 Å². The Bertz CT molecular complexity index is 886. The van der Waals surface area contributed by atoms with Gasteiger partial charge in [0.05, 0.1) is 7.11 Å². The van der Waals surface area contributed by atoms with Crippen molar-refractivity contribution in [1.82, 2.24) is 9.38 Å². The van der Waals surface area contributed by atoms with Gasteiger partial charge in [0.1, 0.15) is 11.5 Å². The lowest BCUT2D eigenvalue weighted by Crippen LogP contribution is -2.08. The van der Waals surface area contributed by atoms with Crippen molar-refractivity contribution in [3.8, 4) is 11.1 Å². The van der Waals surface area contributed by atoms with Crippen LogP contribution in [0.15, 0.2) is 36.5 Å². The lowest BCUT2D eigenvalue weighted by Gasteiger charge is -2.08. The molecule has 2 N–H and O–H groups in total. The summed E-state index contributed by atoms with van der Waals surface area (Å²) in [5, 5.41) is 0. The number of benzene rings is 1. The summed E-state index contributed by atoms with van der Waals surface area (Å²) in [5.41, 5.74) is 8.50. The predicted octanol–water partition coefficient (Wildman–Crippen LogP) is 2.82. The molecule has 0 saturated carbocycles. The van der Waals surface area contributed by atoms with Crippen LogP contribution in [0.3, 0.4) is 0 Å². The Labute approximate surface area is 126 Å². The zero-order chi connectivity index (χ0) is 15.9. The molecule has 112 valence electrons. The van der Waals surface area contributed by atoms with Gasteiger partial charge in [-0.15, -0.1) is 0 Å². The zero-order valence-corrected chi connectivity index (χ0v) is 12.1. The number of imidazole rings is 1. The van der Waals surface area contributed by atoms with Crippen molar-refractivity contribution in [2.75, 3.05) is 12.8 Å². The van der Waals surface area contributed by atoms with Gasteiger partial charge in [-0.3, -0.25) is 4.40 Å². The van der Waals surface area contributed by atoms with E-state index in [2.05, 4.69) is 4.98 Å². The number of hydrogen-bond donors (Lipinski definition) is 1. The Hall–Kier alpha value is -2.89. The van der Waals surface area contributed by atoms with E-state index in [4.69, 9.17) is 10.5 Å². The van der Waals surface area contributed by atoms with Crippen LogP contribution < -0.4 is 5.73 Å². The summed E-state index contributed by atoms with van der Waals surface area (Å²) in [6.45, 7) is 1.71. The minimum atomic E-state index is -0.571. The van der Waals surface area contributed by atoms with Crippen molar-refractivity contribution in [3.63, 3.8) is 0 Å². The van der Waals surface area contributed by atoms with Gasteiger partial charge in [-0.2, -0.15) is 0 Å². The molecule has 0 radical (unpaired) electrons. The quantitative estimate of drug-likeness (QED) is 0.739. The van der Waals surface area contributed by atoms with Crippen LogP contribution >= 0.6 is 0 Å². The Morgan fingerprint density at radius 3 is 2.82 bits per heavy atom. The topological polar surface area (TPSA) is 69.6 Å². The Morgan fingerprint density at radius 2 is 2.09 bits per heavy atom. The molecule has 6 heteroatoms. The third kappa shape index (κ3) is 2.09. The number of nitrogen functional groups attached to an aromatic ring is 1. The minimum absolute atomic E-state index is 0.0972. The lowest BCUT2D eigenvalue weighted by atomic mass is 10.0. The molecule has 0 amide bonds. The molecule has 0 atom stereocenters. The molecule has 0 spiro atoms. The van der Waals surface area contributed by atoms with Gasteiger partial charge in [0.25, 0.3) is 0 Å². The number of aromatic nitrogens is 2. The number of nitrogens with zero attached hydrogens (tertiary/aromatic N) is 2. The van der Waals surface area contributed by atoms with Gasteiger partial charge < -0.3 is 10.5 Å². The maximum absolute atomic E-state index is 13.7. The van der Waals surface area contributed by atoms with Gasteiger partial charge in [0.2, 0.25) is 0 Å². The first-order valence-corrected chi connectivity index (χ1v) is 6.64. The molecule has 3 rings (SSSR count). The number of halogens is 1. The number of rotatable bonds is 2. The van der Waals surface area contributed by atoms with Crippen LogP contribution in [-0.4, -0.2) is 22.5 Å². The normalized spacial score (nSPS) is 10.9. The number of esters is 1. The van der Waals surface area contributed by atoms with Crippen LogP contribution in [0.1, 0.15) is 16.1 Å². The number of methoxy groups -OCH3 is 1. The average Bonchev–Trinajstić information content (AvgIpc) is 2.84. The van der Waals surface area contributed by atoms with Crippen LogP contribution in [0.2, 0.25) is 0 Å². The van der Waals surface area contributed by atoms with E-state index in [-0.39, 0.29) is 17.3 Å². The monoisotopic (exact) mass is 299 g/mol. The summed E-state index contributed by atoms with van der Waals surface area (Å²) < 4.78 is 20.0. The molecule has 5 nitrogen and oxygen atoms in total. The van der Waals surface area contributed by atoms with Gasteiger partial charge in [0, 0.05) is 6.20 Å². The third-order valence-electron chi connectivity index (χ3n) is 3.60. The predicted molar refractivity (Wildman–Crippen MR) is 81.1 cm³/mol. The molecule has 1 aromatic carbocycles. The molecule has 0 aliphatic rings. The summed E-state index contributed by atoms with van der Waals surface area (Å²) in [5.74, 6) is -0.756. The van der Waals surface area contributed by atoms with Crippen LogP contribution in [-0.2, 0) is 4.74 Å². The highest BCUT2D eigenvalue weighted by atomic mass is 19.1. The van der Waals surface area contributed by atoms with Crippen molar-refractivity contribution in [2.24, 2.45) is 0 Å². The lowest BCUT2D eigenvalue weighted by molar-refractivity contribution is 0.0594. The second-order valence-corrected chi connectivity index (χ2v) is 4.90. The first-order valence-electron chi connectivity index (χ1n) is 6.64. The SMILES string of the molecule is COC(=O)c1c(N)nc2ccc(-c3cccc(F)c3C)cn12. The fourth-order valence-electron chi connectivity index (χ4n) is 2.44. The van der Waals surface area contributed by atoms with E-state index >= 15 is 0 Å². The van der Waals surface area contributed by atoms with Crippen LogP contribution in [0.25, 0.3) is 16.8 Å². The Balaban J connectivity index is 2.25. The van der Waals surface area contributed by atoms with Crippen molar-refractivity contribution in [2.45, 2.75) is 6.92 Å². The number of carbonyl (C=O) groups is 1. The van der Waals surface area contributed by atoms with E-state index in [0.717, 1.165) is 11.1 Å². The van der Waals surface area contributed by atoms with Crippen LogP contribution in [0.4, 0.5) is 10.2 Å². The van der Waals surface area contributed by atoms with E-state index in [1.807, 2.05) is 12.1 Å². The average molecular weight is 299 g/mol. The van der Waals surface area contributed by atoms with Gasteiger partial charge in [-0.05, 0) is 41.8 Å². The van der Waals surface area contributed by atoms with Gasteiger partial charge >= 0.3 is 5.97 Å². The maximum Gasteiger partial charge on any atom is 0.358 e. The number of pyridine rings is 1. The molecular weight excluding hydrogens is 285 g/mol. The van der Waals surface area contributed by atoms with Crippen molar-refractivity contribution < 1.29 is 13.9 Å². The Morgan fingerprint density at radius 1 is 1.32 bits per heavy atom. The number of anilines is 1. The number of ether oxygens (including phenoxy) is 1. The van der Waals surface area contributed by atoms with E-state index in [1.54, 1.807) is 29.7 Å². The van der Waals surface area contributed by atoms with Gasteiger partial charge in [-0.25, -0.2) is 14.2 Å². The number of hydrogen-bond acceptors (Lipinski definition) is 4. The summed E-state index contributed by atoms with van der Waals surface area (Å²) in [4.78, 5) is 16.0. The summed E-state index contributed by atoms with van der Waals surface area (Å²) in [7, 11) is 1.28. The third-order valence-corrected chi connectivity index (χ3v) is 3.60. The van der Waals surface area contributed by atoms with Gasteiger partial charge in [-0.1, -0.05) is 12.1 Å². The summed E-state index contributed by atoms with van der Waals surface area (Å²) in [6.07, 6.45) is 1.70. The van der Waals surface area contributed by atoms with E-state index in [1.165, 1.54) is 13.2 Å². The van der Waals surface area contributed by atoms with Crippen LogP contribution in [0.5, 0.6) is 0 Å². The fraction of sp³-hybridized carbons (Fsp3) is 0.125. The highest BCUT2D eigenvalue weighted by Crippen LogP contribution is 2.27. The molecule has 2 aromatic heterocycles. The van der Waals surface area contributed by atoms with E-state index in [9.17, 15) is 9.18 Å². The molecule has 0 aliphatic heterocycles. The van der Waals surface area contributed by atoms with Crippen molar-refractivity contribution in [1.29, 1.82) is 0 Å². The fourth-order valence-corrected chi connectivity index (χ4v) is 2.44. The van der Waals surface area contributed by atoms with E-state index < -0.39 is 5.97 Å². The molecule has 0 unspecified atom stereocenters. The summed E-state index contributed by atoms with van der Waals surface area (Å²) in [6, 6.07) is 8.41. The van der Waals surface area contributed by atoms with Crippen molar-refractivity contribution in [3.05, 3.63) is 53.6 Å². The molecule has 0 fully saturated rings.